The predicted molar refractivity (Wildman–Crippen MR) is 114 cm³/mol. The lowest BCUT2D eigenvalue weighted by molar-refractivity contribution is -0.127. The molecular formula is C20H32ClN5O2. The molecule has 28 heavy (non-hydrogen) atoms. The van der Waals surface area contributed by atoms with Crippen molar-refractivity contribution >= 4 is 23.5 Å². The Bertz CT molecular complexity index is 681. The van der Waals surface area contributed by atoms with Crippen molar-refractivity contribution in [1.29, 1.82) is 0 Å². The summed E-state index contributed by atoms with van der Waals surface area (Å²) in [4.78, 5) is 20.6. The van der Waals surface area contributed by atoms with Gasteiger partial charge in [-0.15, -0.1) is 0 Å². The number of nitrogens with one attached hydrogen (secondary N) is 2. The zero-order valence-corrected chi connectivity index (χ0v) is 18.1. The van der Waals surface area contributed by atoms with Gasteiger partial charge in [-0.25, -0.2) is 4.99 Å². The average molecular weight is 410 g/mol. The second-order valence-corrected chi connectivity index (χ2v) is 7.49. The Morgan fingerprint density at radius 1 is 1.39 bits per heavy atom. The first-order valence-electron chi connectivity index (χ1n) is 9.73. The molecule has 7 nitrogen and oxygen atoms in total. The van der Waals surface area contributed by atoms with Crippen molar-refractivity contribution in [3.63, 3.8) is 0 Å². The number of benzene rings is 1. The summed E-state index contributed by atoms with van der Waals surface area (Å²) >= 11 is 6.20. The molecule has 1 aliphatic heterocycles. The third-order valence-electron chi connectivity index (χ3n) is 4.95. The Morgan fingerprint density at radius 3 is 2.82 bits per heavy atom. The van der Waals surface area contributed by atoms with Gasteiger partial charge in [0.05, 0.1) is 25.2 Å². The number of ether oxygens (including phenoxy) is 1. The van der Waals surface area contributed by atoms with Gasteiger partial charge >= 0.3 is 0 Å². The van der Waals surface area contributed by atoms with Crippen molar-refractivity contribution in [2.45, 2.75) is 32.4 Å². The van der Waals surface area contributed by atoms with E-state index in [1.54, 1.807) is 26.1 Å². The molecule has 0 saturated carbocycles. The number of likely N-dealkylation sites (N-methyl/N-ethyl adjacent to an activating group) is 2. The molecule has 1 amide bonds. The Morgan fingerprint density at radius 2 is 2.18 bits per heavy atom. The molecule has 1 aliphatic rings. The van der Waals surface area contributed by atoms with Gasteiger partial charge < -0.3 is 20.3 Å². The number of carbonyl (C=O) groups excluding carboxylic acids is 1. The van der Waals surface area contributed by atoms with E-state index in [0.717, 1.165) is 25.2 Å². The van der Waals surface area contributed by atoms with Gasteiger partial charge in [0, 0.05) is 26.7 Å². The molecule has 2 N–H and O–H groups in total. The van der Waals surface area contributed by atoms with Gasteiger partial charge in [-0.1, -0.05) is 24.6 Å². The minimum Gasteiger partial charge on any atom is -0.495 e. The number of carbonyl (C=O) groups is 1. The van der Waals surface area contributed by atoms with Crippen molar-refractivity contribution in [2.75, 3.05) is 47.4 Å². The van der Waals surface area contributed by atoms with Crippen molar-refractivity contribution < 1.29 is 9.53 Å². The first kappa shape index (κ1) is 22.3. The fourth-order valence-corrected chi connectivity index (χ4v) is 3.51. The third-order valence-corrected chi connectivity index (χ3v) is 5.25. The minimum atomic E-state index is -0.00181. The van der Waals surface area contributed by atoms with E-state index in [1.165, 1.54) is 12.8 Å². The Labute approximate surface area is 173 Å². The van der Waals surface area contributed by atoms with Crippen molar-refractivity contribution in [2.24, 2.45) is 4.99 Å². The molecule has 0 bridgehead atoms. The monoisotopic (exact) mass is 409 g/mol. The lowest BCUT2D eigenvalue weighted by Gasteiger charge is -2.24. The van der Waals surface area contributed by atoms with Crippen LogP contribution in [0.1, 0.15) is 25.3 Å². The van der Waals surface area contributed by atoms with E-state index in [-0.39, 0.29) is 12.5 Å². The fraction of sp³-hybridized carbons (Fsp3) is 0.600. The third kappa shape index (κ3) is 6.56. The number of aliphatic imine (C=N–C) groups is 1. The molecule has 1 unspecified atom stereocenters. The number of nitrogens with zero attached hydrogens (tertiary/aromatic N) is 3. The fourth-order valence-electron chi connectivity index (χ4n) is 3.23. The molecule has 0 radical (unpaired) electrons. The van der Waals surface area contributed by atoms with E-state index in [2.05, 4.69) is 27.4 Å². The highest BCUT2D eigenvalue weighted by Crippen LogP contribution is 2.25. The van der Waals surface area contributed by atoms with E-state index >= 15 is 0 Å². The molecule has 2 rings (SSSR count). The van der Waals surface area contributed by atoms with Gasteiger partial charge in [0.2, 0.25) is 5.91 Å². The second-order valence-electron chi connectivity index (χ2n) is 7.08. The highest BCUT2D eigenvalue weighted by Gasteiger charge is 2.22. The van der Waals surface area contributed by atoms with Gasteiger partial charge in [0.1, 0.15) is 5.75 Å². The molecule has 0 aromatic heterocycles. The van der Waals surface area contributed by atoms with Crippen molar-refractivity contribution in [1.82, 2.24) is 20.4 Å². The number of halogens is 1. The maximum Gasteiger partial charge on any atom is 0.241 e. The number of amides is 1. The first-order chi connectivity index (χ1) is 13.4. The van der Waals surface area contributed by atoms with E-state index in [0.29, 0.717) is 29.3 Å². The summed E-state index contributed by atoms with van der Waals surface area (Å²) in [6.07, 6.45) is 2.41. The average Bonchev–Trinajstić information content (AvgIpc) is 3.14. The first-order valence-corrected chi connectivity index (χ1v) is 10.1. The molecule has 1 saturated heterocycles. The molecule has 156 valence electrons. The van der Waals surface area contributed by atoms with Gasteiger partial charge in [0.15, 0.2) is 5.96 Å². The Kier molecular flexibility index (Phi) is 8.86. The number of hydrogen-bond donors (Lipinski definition) is 2. The van der Waals surface area contributed by atoms with Crippen LogP contribution in [-0.2, 0) is 11.3 Å². The molecular weight excluding hydrogens is 378 g/mol. The van der Waals surface area contributed by atoms with Crippen LogP contribution in [-0.4, -0.2) is 75.1 Å². The minimum absolute atomic E-state index is 0.00181. The summed E-state index contributed by atoms with van der Waals surface area (Å²) in [5, 5.41) is 7.09. The summed E-state index contributed by atoms with van der Waals surface area (Å²) in [6.45, 7) is 5.84. The highest BCUT2D eigenvalue weighted by molar-refractivity contribution is 6.32. The Hall–Kier alpha value is -1.99. The standard InChI is InChI=1S/C20H32ClN5O2/c1-5-26-10-6-7-16(26)13-23-20(24-14-19(27)25(2)3)22-12-15-8-9-18(28-4)17(21)11-15/h8-9,11,16H,5-7,10,12-14H2,1-4H3,(H2,22,23,24). The van der Waals surface area contributed by atoms with Crippen molar-refractivity contribution in [3.8, 4) is 5.75 Å². The normalized spacial score (nSPS) is 17.5. The van der Waals surface area contributed by atoms with Crippen LogP contribution >= 0.6 is 11.6 Å². The summed E-state index contributed by atoms with van der Waals surface area (Å²) in [5.74, 6) is 1.27. The van der Waals surface area contributed by atoms with Crippen LogP contribution in [0.2, 0.25) is 5.02 Å². The molecule has 8 heteroatoms. The summed E-state index contributed by atoms with van der Waals surface area (Å²) in [5.41, 5.74) is 0.974. The summed E-state index contributed by atoms with van der Waals surface area (Å²) in [7, 11) is 5.08. The maximum atomic E-state index is 11.9. The molecule has 1 fully saturated rings. The van der Waals surface area contributed by atoms with Gasteiger partial charge in [-0.05, 0) is 43.6 Å². The molecule has 0 spiro atoms. The maximum absolute atomic E-state index is 11.9. The summed E-state index contributed by atoms with van der Waals surface area (Å²) in [6, 6.07) is 6.12. The largest absolute Gasteiger partial charge is 0.495 e. The number of likely N-dealkylation sites (tertiary alicyclic amines) is 1. The molecule has 1 heterocycles. The van der Waals surface area contributed by atoms with Crippen LogP contribution in [0.3, 0.4) is 0 Å². The number of methoxy groups -OCH3 is 1. The lowest BCUT2D eigenvalue weighted by atomic mass is 10.2. The van der Waals surface area contributed by atoms with Gasteiger partial charge in [0.25, 0.3) is 0 Å². The second kappa shape index (κ2) is 11.1. The number of guanidine groups is 1. The molecule has 1 atom stereocenters. The number of rotatable bonds is 8. The molecule has 0 aliphatic carbocycles. The van der Waals surface area contributed by atoms with E-state index in [1.807, 2.05) is 18.2 Å². The van der Waals surface area contributed by atoms with Crippen LogP contribution in [0.15, 0.2) is 23.2 Å². The summed E-state index contributed by atoms with van der Waals surface area (Å²) < 4.78 is 5.19. The zero-order valence-electron chi connectivity index (χ0n) is 17.3. The van der Waals surface area contributed by atoms with E-state index < -0.39 is 0 Å². The van der Waals surface area contributed by atoms with Crippen LogP contribution in [0, 0.1) is 0 Å². The quantitative estimate of drug-likeness (QED) is 0.507. The van der Waals surface area contributed by atoms with Crippen molar-refractivity contribution in [3.05, 3.63) is 28.8 Å². The predicted octanol–water partition coefficient (Wildman–Crippen LogP) is 1.96. The van der Waals surface area contributed by atoms with Crippen LogP contribution < -0.4 is 15.4 Å². The Balaban J connectivity index is 2.02. The lowest BCUT2D eigenvalue weighted by Crippen LogP contribution is -2.47. The van der Waals surface area contributed by atoms with Gasteiger partial charge in [-0.2, -0.15) is 0 Å². The number of hydrogen-bond acceptors (Lipinski definition) is 4. The van der Waals surface area contributed by atoms with E-state index in [9.17, 15) is 4.79 Å². The highest BCUT2D eigenvalue weighted by atomic mass is 35.5. The molecule has 1 aromatic rings. The van der Waals surface area contributed by atoms with Gasteiger partial charge in [-0.3, -0.25) is 9.69 Å². The smallest absolute Gasteiger partial charge is 0.241 e. The topological polar surface area (TPSA) is 69.2 Å². The van der Waals surface area contributed by atoms with Crippen LogP contribution in [0.5, 0.6) is 5.75 Å². The SMILES string of the molecule is CCN1CCCC1CNC(=NCc1ccc(OC)c(Cl)c1)NCC(=O)N(C)C. The van der Waals surface area contributed by atoms with Crippen LogP contribution in [0.4, 0.5) is 0 Å². The van der Waals surface area contributed by atoms with Crippen LogP contribution in [0.25, 0.3) is 0 Å². The molecule has 1 aromatic carbocycles. The van der Waals surface area contributed by atoms with E-state index in [4.69, 9.17) is 16.3 Å². The zero-order chi connectivity index (χ0) is 20.5.